The molecule has 2 aromatic rings. The summed E-state index contributed by atoms with van der Waals surface area (Å²) in [5.41, 5.74) is -1.10. The van der Waals surface area contributed by atoms with Crippen molar-refractivity contribution in [3.8, 4) is 17.4 Å². The van der Waals surface area contributed by atoms with Crippen LogP contribution in [-0.4, -0.2) is 35.9 Å². The molecule has 1 N–H and O–H groups in total. The summed E-state index contributed by atoms with van der Waals surface area (Å²) in [4.78, 5) is 15.1. The van der Waals surface area contributed by atoms with Gasteiger partial charge in [-0.1, -0.05) is 34.8 Å². The first-order valence-corrected chi connectivity index (χ1v) is 9.71. The summed E-state index contributed by atoms with van der Waals surface area (Å²) in [6, 6.07) is 4.58. The van der Waals surface area contributed by atoms with Crippen molar-refractivity contribution >= 4 is 40.8 Å². The van der Waals surface area contributed by atoms with Gasteiger partial charge in [0.05, 0.1) is 23.8 Å². The van der Waals surface area contributed by atoms with Crippen molar-refractivity contribution in [1.29, 1.82) is 0 Å². The molecule has 0 amide bonds. The Bertz CT molecular complexity index is 933. The number of carbonyl (C=O) groups is 1. The SMILES string of the molecule is O=C(O)c1cc(OCC=C(Cl)Cl)cc(Cl)c1OCCCOc1ccc(C(F)(F)F)cn1. The number of hydrogen-bond donors (Lipinski definition) is 1. The van der Waals surface area contributed by atoms with Gasteiger partial charge in [-0.15, -0.1) is 0 Å². The van der Waals surface area contributed by atoms with Crippen LogP contribution in [-0.2, 0) is 6.18 Å². The van der Waals surface area contributed by atoms with E-state index in [1.807, 2.05) is 0 Å². The maximum absolute atomic E-state index is 12.5. The second-order valence-corrected chi connectivity index (χ2v) is 7.24. The number of nitrogens with zero attached hydrogens (tertiary/aromatic N) is 1. The van der Waals surface area contributed by atoms with Gasteiger partial charge in [-0.05, 0) is 18.2 Å². The molecular formula is C19H15Cl3F3NO5. The van der Waals surface area contributed by atoms with Crippen LogP contribution in [0.3, 0.4) is 0 Å². The zero-order valence-electron chi connectivity index (χ0n) is 15.6. The fourth-order valence-electron chi connectivity index (χ4n) is 2.20. The normalized spacial score (nSPS) is 11.0. The minimum Gasteiger partial charge on any atom is -0.491 e. The van der Waals surface area contributed by atoms with E-state index in [0.717, 1.165) is 12.1 Å². The highest BCUT2D eigenvalue weighted by Crippen LogP contribution is 2.34. The van der Waals surface area contributed by atoms with E-state index in [4.69, 9.17) is 49.0 Å². The molecule has 0 unspecified atom stereocenters. The van der Waals surface area contributed by atoms with E-state index in [1.54, 1.807) is 0 Å². The Morgan fingerprint density at radius 1 is 1.13 bits per heavy atom. The summed E-state index contributed by atoms with van der Waals surface area (Å²) in [6.45, 7) is 0.115. The lowest BCUT2D eigenvalue weighted by molar-refractivity contribution is -0.137. The molecule has 0 fully saturated rings. The van der Waals surface area contributed by atoms with Gasteiger partial charge in [0.25, 0.3) is 0 Å². The lowest BCUT2D eigenvalue weighted by Gasteiger charge is -2.13. The Kier molecular flexibility index (Phi) is 9.09. The van der Waals surface area contributed by atoms with E-state index in [2.05, 4.69) is 4.98 Å². The number of ether oxygens (including phenoxy) is 3. The first kappa shape index (κ1) is 24.9. The summed E-state index contributed by atoms with van der Waals surface area (Å²) in [7, 11) is 0. The number of carboxylic acids is 1. The predicted octanol–water partition coefficient (Wildman–Crippen LogP) is 6.00. The molecule has 0 spiro atoms. The van der Waals surface area contributed by atoms with E-state index in [9.17, 15) is 23.1 Å². The Morgan fingerprint density at radius 2 is 1.84 bits per heavy atom. The molecule has 0 saturated heterocycles. The largest absolute Gasteiger partial charge is 0.491 e. The molecule has 0 saturated carbocycles. The number of carboxylic acid groups (broad SMARTS) is 1. The molecule has 0 aliphatic rings. The highest BCUT2D eigenvalue weighted by molar-refractivity contribution is 6.55. The summed E-state index contributed by atoms with van der Waals surface area (Å²) in [6.07, 6.45) is -2.15. The van der Waals surface area contributed by atoms with Gasteiger partial charge in [-0.25, -0.2) is 9.78 Å². The molecule has 0 atom stereocenters. The number of aromatic nitrogens is 1. The number of alkyl halides is 3. The van der Waals surface area contributed by atoms with Gasteiger partial charge in [0.1, 0.15) is 22.4 Å². The molecule has 2 rings (SSSR count). The van der Waals surface area contributed by atoms with Gasteiger partial charge in [0.15, 0.2) is 5.75 Å². The van der Waals surface area contributed by atoms with Crippen molar-refractivity contribution < 1.29 is 37.3 Å². The Balaban J connectivity index is 1.91. The summed E-state index contributed by atoms with van der Waals surface area (Å²) < 4.78 is 53.5. The van der Waals surface area contributed by atoms with E-state index in [1.165, 1.54) is 18.2 Å². The molecule has 12 heteroatoms. The third-order valence-electron chi connectivity index (χ3n) is 3.58. The summed E-state index contributed by atoms with van der Waals surface area (Å²) in [5, 5.41) is 9.41. The zero-order chi connectivity index (χ0) is 23.0. The number of benzene rings is 1. The van der Waals surface area contributed by atoms with Crippen LogP contribution < -0.4 is 14.2 Å². The van der Waals surface area contributed by atoms with Gasteiger partial charge < -0.3 is 19.3 Å². The Hall–Kier alpha value is -2.36. The second kappa shape index (κ2) is 11.3. The number of aromatic carboxylic acids is 1. The minimum atomic E-state index is -4.48. The first-order chi connectivity index (χ1) is 14.6. The average molecular weight is 501 g/mol. The topological polar surface area (TPSA) is 77.9 Å². The van der Waals surface area contributed by atoms with Crippen molar-refractivity contribution in [1.82, 2.24) is 4.98 Å². The molecule has 168 valence electrons. The van der Waals surface area contributed by atoms with Crippen LogP contribution in [0.2, 0.25) is 5.02 Å². The van der Waals surface area contributed by atoms with Gasteiger partial charge >= 0.3 is 12.1 Å². The number of pyridine rings is 1. The minimum absolute atomic E-state index is 0.00165. The first-order valence-electron chi connectivity index (χ1n) is 8.57. The monoisotopic (exact) mass is 499 g/mol. The standard InChI is InChI=1S/C19H15Cl3F3NO5/c20-14-9-12(29-7-4-15(21)22)8-13(18(27)28)17(14)31-6-1-5-30-16-3-2-11(10-26-16)19(23,24)25/h2-4,8-10H,1,5-7H2,(H,27,28). The molecule has 6 nitrogen and oxygen atoms in total. The molecule has 31 heavy (non-hydrogen) atoms. The fourth-order valence-corrected chi connectivity index (χ4v) is 2.59. The van der Waals surface area contributed by atoms with Crippen LogP contribution >= 0.6 is 34.8 Å². The second-order valence-electron chi connectivity index (χ2n) is 5.83. The number of halogens is 6. The van der Waals surface area contributed by atoms with Gasteiger partial charge in [0.2, 0.25) is 5.88 Å². The Morgan fingerprint density at radius 3 is 2.42 bits per heavy atom. The lowest BCUT2D eigenvalue weighted by atomic mass is 10.2. The quantitative estimate of drug-likeness (QED) is 0.403. The molecular weight excluding hydrogens is 486 g/mol. The molecule has 0 radical (unpaired) electrons. The summed E-state index contributed by atoms with van der Waals surface area (Å²) >= 11 is 17.1. The van der Waals surface area contributed by atoms with E-state index in [-0.39, 0.29) is 58.7 Å². The third-order valence-corrected chi connectivity index (χ3v) is 4.17. The van der Waals surface area contributed by atoms with E-state index < -0.39 is 17.7 Å². The van der Waals surface area contributed by atoms with Gasteiger partial charge in [-0.3, -0.25) is 0 Å². The van der Waals surface area contributed by atoms with Crippen LogP contribution in [0.15, 0.2) is 41.0 Å². The van der Waals surface area contributed by atoms with Crippen LogP contribution in [0, 0.1) is 0 Å². The van der Waals surface area contributed by atoms with Crippen LogP contribution in [0.25, 0.3) is 0 Å². The highest BCUT2D eigenvalue weighted by atomic mass is 35.5. The molecule has 1 aromatic heterocycles. The number of rotatable bonds is 10. The van der Waals surface area contributed by atoms with Crippen LogP contribution in [0.5, 0.6) is 17.4 Å². The lowest BCUT2D eigenvalue weighted by Crippen LogP contribution is -2.10. The van der Waals surface area contributed by atoms with Crippen molar-refractivity contribution in [2.24, 2.45) is 0 Å². The van der Waals surface area contributed by atoms with Crippen molar-refractivity contribution in [3.63, 3.8) is 0 Å². The van der Waals surface area contributed by atoms with Crippen molar-refractivity contribution in [2.75, 3.05) is 19.8 Å². The van der Waals surface area contributed by atoms with Crippen molar-refractivity contribution in [3.05, 3.63) is 57.2 Å². The Labute approximate surface area is 190 Å². The van der Waals surface area contributed by atoms with Crippen molar-refractivity contribution in [2.45, 2.75) is 12.6 Å². The molecule has 1 aromatic carbocycles. The maximum atomic E-state index is 12.5. The predicted molar refractivity (Wildman–Crippen MR) is 109 cm³/mol. The highest BCUT2D eigenvalue weighted by Gasteiger charge is 2.30. The number of hydrogen-bond acceptors (Lipinski definition) is 5. The van der Waals surface area contributed by atoms with E-state index in [0.29, 0.717) is 6.20 Å². The molecule has 0 bridgehead atoms. The molecule has 0 aliphatic heterocycles. The van der Waals surface area contributed by atoms with E-state index >= 15 is 0 Å². The average Bonchev–Trinajstić information content (AvgIpc) is 2.68. The summed E-state index contributed by atoms with van der Waals surface area (Å²) in [5.74, 6) is -1.14. The van der Waals surface area contributed by atoms with Crippen LogP contribution in [0.1, 0.15) is 22.3 Å². The van der Waals surface area contributed by atoms with Gasteiger partial charge in [-0.2, -0.15) is 13.2 Å². The smallest absolute Gasteiger partial charge is 0.417 e. The zero-order valence-corrected chi connectivity index (χ0v) is 17.9. The van der Waals surface area contributed by atoms with Gasteiger partial charge in [0, 0.05) is 24.8 Å². The van der Waals surface area contributed by atoms with Crippen LogP contribution in [0.4, 0.5) is 13.2 Å². The fraction of sp³-hybridized carbons (Fsp3) is 0.263. The molecule has 1 heterocycles. The third kappa shape index (κ3) is 8.01. The molecule has 0 aliphatic carbocycles. The maximum Gasteiger partial charge on any atom is 0.417 e.